The van der Waals surface area contributed by atoms with Gasteiger partial charge >= 0.3 is 0 Å². The fourth-order valence-corrected chi connectivity index (χ4v) is 3.25. The normalized spacial score (nSPS) is 22.3. The van der Waals surface area contributed by atoms with Crippen LogP contribution >= 0.6 is 0 Å². The van der Waals surface area contributed by atoms with Gasteiger partial charge in [0.05, 0.1) is 6.20 Å². The number of aromatic nitrogens is 2. The van der Waals surface area contributed by atoms with Gasteiger partial charge in [0.25, 0.3) is 5.91 Å². The van der Waals surface area contributed by atoms with Crippen LogP contribution in [0.5, 0.6) is 5.75 Å². The third-order valence-corrected chi connectivity index (χ3v) is 4.87. The summed E-state index contributed by atoms with van der Waals surface area (Å²) >= 11 is 0. The molecular weight excluding hydrogens is 290 g/mol. The highest BCUT2D eigenvalue weighted by Gasteiger charge is 2.53. The van der Waals surface area contributed by atoms with Crippen molar-refractivity contribution in [3.63, 3.8) is 0 Å². The number of amides is 1. The van der Waals surface area contributed by atoms with Crippen LogP contribution in [0.1, 0.15) is 36.6 Å². The van der Waals surface area contributed by atoms with Crippen LogP contribution in [0.15, 0.2) is 36.5 Å². The van der Waals surface area contributed by atoms with E-state index >= 15 is 0 Å². The number of benzene rings is 1. The third-order valence-electron chi connectivity index (χ3n) is 4.87. The number of nitrogens with zero attached hydrogens (tertiary/aromatic N) is 2. The predicted octanol–water partition coefficient (Wildman–Crippen LogP) is 3.04. The van der Waals surface area contributed by atoms with Crippen LogP contribution in [0, 0.1) is 12.3 Å². The molecule has 0 saturated heterocycles. The highest BCUT2D eigenvalue weighted by Crippen LogP contribution is 2.45. The summed E-state index contributed by atoms with van der Waals surface area (Å²) in [7, 11) is 1.85. The van der Waals surface area contributed by atoms with E-state index in [0.29, 0.717) is 5.69 Å². The van der Waals surface area contributed by atoms with E-state index in [0.717, 1.165) is 18.0 Å². The van der Waals surface area contributed by atoms with E-state index in [9.17, 15) is 4.79 Å². The molecule has 3 rings (SSSR count). The van der Waals surface area contributed by atoms with Crippen LogP contribution in [-0.4, -0.2) is 40.0 Å². The van der Waals surface area contributed by atoms with Gasteiger partial charge in [-0.3, -0.25) is 4.79 Å². The van der Waals surface area contributed by atoms with Gasteiger partial charge in [-0.2, -0.15) is 0 Å². The monoisotopic (exact) mass is 313 g/mol. The van der Waals surface area contributed by atoms with Crippen molar-refractivity contribution < 1.29 is 9.53 Å². The first-order valence-corrected chi connectivity index (χ1v) is 7.90. The van der Waals surface area contributed by atoms with Gasteiger partial charge in [0.1, 0.15) is 23.4 Å². The average Bonchev–Trinajstić information content (AvgIpc) is 2.97. The maximum absolute atomic E-state index is 12.6. The lowest BCUT2D eigenvalue weighted by Crippen LogP contribution is -2.63. The number of aromatic amines is 1. The van der Waals surface area contributed by atoms with Gasteiger partial charge in [0.2, 0.25) is 0 Å². The average molecular weight is 313 g/mol. The van der Waals surface area contributed by atoms with E-state index in [-0.39, 0.29) is 23.5 Å². The van der Waals surface area contributed by atoms with Crippen LogP contribution in [0.4, 0.5) is 0 Å². The molecule has 0 bridgehead atoms. The lowest BCUT2D eigenvalue weighted by atomic mass is 9.63. The minimum atomic E-state index is -0.102. The molecule has 5 nitrogen and oxygen atoms in total. The van der Waals surface area contributed by atoms with Gasteiger partial charge in [-0.1, -0.05) is 32.0 Å². The summed E-state index contributed by atoms with van der Waals surface area (Å²) in [6.45, 7) is 6.14. The number of hydrogen-bond acceptors (Lipinski definition) is 3. The van der Waals surface area contributed by atoms with Crippen LogP contribution in [0.3, 0.4) is 0 Å². The molecule has 23 heavy (non-hydrogen) atoms. The quantitative estimate of drug-likeness (QED) is 0.944. The summed E-state index contributed by atoms with van der Waals surface area (Å²) in [5, 5.41) is 0. The maximum Gasteiger partial charge on any atom is 0.271 e. The molecule has 1 aliphatic rings. The third kappa shape index (κ3) is 2.83. The highest BCUT2D eigenvalue weighted by atomic mass is 16.5. The Bertz CT molecular complexity index is 693. The number of ether oxygens (including phenoxy) is 1. The van der Waals surface area contributed by atoms with E-state index in [1.807, 2.05) is 44.3 Å². The SMILES string of the molecule is Cc1ncc(C(=O)N(C)C2CC(Oc3ccccc3)C2(C)C)[nH]1. The number of para-hydroxylation sites is 1. The lowest BCUT2D eigenvalue weighted by Gasteiger charge is -2.54. The fourth-order valence-electron chi connectivity index (χ4n) is 3.25. The molecule has 5 heteroatoms. The van der Waals surface area contributed by atoms with Crippen LogP contribution in [-0.2, 0) is 0 Å². The van der Waals surface area contributed by atoms with E-state index in [2.05, 4.69) is 23.8 Å². The number of aryl methyl sites for hydroxylation is 1. The number of carbonyl (C=O) groups is 1. The molecule has 2 aromatic rings. The number of rotatable bonds is 4. The van der Waals surface area contributed by atoms with E-state index in [4.69, 9.17) is 4.74 Å². The molecule has 1 saturated carbocycles. The highest BCUT2D eigenvalue weighted by molar-refractivity contribution is 5.92. The largest absolute Gasteiger partial charge is 0.490 e. The Morgan fingerprint density at radius 1 is 1.35 bits per heavy atom. The van der Waals surface area contributed by atoms with Crippen molar-refractivity contribution in [1.29, 1.82) is 0 Å². The van der Waals surface area contributed by atoms with Crippen molar-refractivity contribution in [1.82, 2.24) is 14.9 Å². The zero-order valence-electron chi connectivity index (χ0n) is 14.0. The van der Waals surface area contributed by atoms with Gasteiger partial charge in [0, 0.05) is 24.9 Å². The molecule has 1 aromatic heterocycles. The van der Waals surface area contributed by atoms with Gasteiger partial charge in [0.15, 0.2) is 0 Å². The Morgan fingerprint density at radius 2 is 2.04 bits per heavy atom. The molecule has 1 aliphatic carbocycles. The molecule has 1 fully saturated rings. The number of hydrogen-bond donors (Lipinski definition) is 1. The van der Waals surface area contributed by atoms with Crippen molar-refractivity contribution in [3.05, 3.63) is 48.0 Å². The molecule has 122 valence electrons. The molecule has 0 radical (unpaired) electrons. The first-order valence-electron chi connectivity index (χ1n) is 7.90. The molecule has 1 amide bonds. The predicted molar refractivity (Wildman–Crippen MR) is 88.5 cm³/mol. The Hall–Kier alpha value is -2.30. The second-order valence-electron chi connectivity index (χ2n) is 6.79. The summed E-state index contributed by atoms with van der Waals surface area (Å²) in [6, 6.07) is 9.98. The van der Waals surface area contributed by atoms with Crippen molar-refractivity contribution in [2.75, 3.05) is 7.05 Å². The number of H-pyrrole nitrogens is 1. The molecule has 0 spiro atoms. The first-order chi connectivity index (χ1) is 10.9. The molecular formula is C18H23N3O2. The molecule has 0 aliphatic heterocycles. The van der Waals surface area contributed by atoms with Gasteiger partial charge in [-0.05, 0) is 19.1 Å². The van der Waals surface area contributed by atoms with E-state index in [1.165, 1.54) is 0 Å². The van der Waals surface area contributed by atoms with Crippen molar-refractivity contribution in [2.45, 2.75) is 39.3 Å². The molecule has 2 atom stereocenters. The molecule has 1 heterocycles. The second-order valence-corrected chi connectivity index (χ2v) is 6.79. The zero-order chi connectivity index (χ0) is 16.6. The van der Waals surface area contributed by atoms with Gasteiger partial charge in [-0.15, -0.1) is 0 Å². The first kappa shape index (κ1) is 15.6. The number of nitrogens with one attached hydrogen (secondary N) is 1. The van der Waals surface area contributed by atoms with Crippen molar-refractivity contribution in [2.24, 2.45) is 5.41 Å². The Labute approximate surface area is 136 Å². The lowest BCUT2D eigenvalue weighted by molar-refractivity contribution is -0.0887. The second kappa shape index (κ2) is 5.72. The van der Waals surface area contributed by atoms with Crippen LogP contribution < -0.4 is 4.74 Å². The summed E-state index contributed by atoms with van der Waals surface area (Å²) in [5.41, 5.74) is 0.434. The zero-order valence-corrected chi connectivity index (χ0v) is 14.0. The van der Waals surface area contributed by atoms with Crippen LogP contribution in [0.2, 0.25) is 0 Å². The van der Waals surface area contributed by atoms with E-state index in [1.54, 1.807) is 11.1 Å². The van der Waals surface area contributed by atoms with E-state index < -0.39 is 0 Å². The topological polar surface area (TPSA) is 58.2 Å². The van der Waals surface area contributed by atoms with Crippen LogP contribution in [0.25, 0.3) is 0 Å². The summed E-state index contributed by atoms with van der Waals surface area (Å²) in [6.07, 6.45) is 2.53. The molecule has 1 aromatic carbocycles. The summed E-state index contributed by atoms with van der Waals surface area (Å²) in [4.78, 5) is 21.5. The van der Waals surface area contributed by atoms with Crippen molar-refractivity contribution >= 4 is 5.91 Å². The minimum Gasteiger partial charge on any atom is -0.490 e. The summed E-state index contributed by atoms with van der Waals surface area (Å²) in [5.74, 6) is 1.60. The standard InChI is InChI=1S/C18H23N3O2/c1-12-19-11-14(20-12)17(22)21(4)15-10-16(18(15,2)3)23-13-8-6-5-7-9-13/h5-9,11,15-16H,10H2,1-4H3,(H,19,20). The number of imidazole rings is 1. The fraction of sp³-hybridized carbons (Fsp3) is 0.444. The molecule has 2 unspecified atom stereocenters. The van der Waals surface area contributed by atoms with Crippen molar-refractivity contribution in [3.8, 4) is 5.75 Å². The molecule has 1 N–H and O–H groups in total. The number of carbonyl (C=O) groups excluding carboxylic acids is 1. The Balaban J connectivity index is 1.67. The Morgan fingerprint density at radius 3 is 2.61 bits per heavy atom. The van der Waals surface area contributed by atoms with Gasteiger partial charge < -0.3 is 14.6 Å². The van der Waals surface area contributed by atoms with Gasteiger partial charge in [-0.25, -0.2) is 4.98 Å². The maximum atomic E-state index is 12.6. The summed E-state index contributed by atoms with van der Waals surface area (Å²) < 4.78 is 6.08. The Kier molecular flexibility index (Phi) is 3.88. The smallest absolute Gasteiger partial charge is 0.271 e. The minimum absolute atomic E-state index is 0.0261.